The molecule has 1 aromatic heterocycles. The Hall–Kier alpha value is -2.44. The van der Waals surface area contributed by atoms with E-state index in [0.29, 0.717) is 5.69 Å². The number of esters is 1. The van der Waals surface area contributed by atoms with Crippen molar-refractivity contribution in [3.8, 4) is 16.3 Å². The molecule has 0 bridgehead atoms. The fourth-order valence-corrected chi connectivity index (χ4v) is 3.09. The number of benzene rings is 2. The molecule has 0 unspecified atom stereocenters. The summed E-state index contributed by atoms with van der Waals surface area (Å²) in [5, 5.41) is 2.79. The van der Waals surface area contributed by atoms with Crippen molar-refractivity contribution in [1.29, 1.82) is 0 Å². The number of carbonyl (C=O) groups is 1. The maximum atomic E-state index is 13.7. The monoisotopic (exact) mass is 377 g/mol. The van der Waals surface area contributed by atoms with E-state index in [9.17, 15) is 9.18 Å². The summed E-state index contributed by atoms with van der Waals surface area (Å²) in [6.07, 6.45) is 0. The number of hydrogen-bond donors (Lipinski definition) is 0. The molecule has 0 aliphatic heterocycles. The van der Waals surface area contributed by atoms with Crippen molar-refractivity contribution in [2.45, 2.75) is 6.61 Å². The summed E-state index contributed by atoms with van der Waals surface area (Å²) in [4.78, 5) is 16.4. The van der Waals surface area contributed by atoms with Crippen LogP contribution in [-0.4, -0.2) is 18.1 Å². The van der Waals surface area contributed by atoms with Gasteiger partial charge in [-0.2, -0.15) is 0 Å². The molecule has 0 radical (unpaired) electrons. The Labute approximate surface area is 152 Å². The summed E-state index contributed by atoms with van der Waals surface area (Å²) < 4.78 is 24.0. The lowest BCUT2D eigenvalue weighted by Crippen LogP contribution is -2.07. The Morgan fingerprint density at radius 2 is 2.12 bits per heavy atom. The van der Waals surface area contributed by atoms with Gasteiger partial charge in [-0.1, -0.05) is 23.7 Å². The largest absolute Gasteiger partial charge is 0.497 e. The van der Waals surface area contributed by atoms with Gasteiger partial charge in [0.05, 0.1) is 18.4 Å². The summed E-state index contributed by atoms with van der Waals surface area (Å²) in [7, 11) is 1.60. The van der Waals surface area contributed by atoms with E-state index >= 15 is 0 Å². The topological polar surface area (TPSA) is 48.4 Å². The Morgan fingerprint density at radius 3 is 2.88 bits per heavy atom. The molecule has 0 aliphatic rings. The van der Waals surface area contributed by atoms with Crippen molar-refractivity contribution in [2.75, 3.05) is 7.11 Å². The van der Waals surface area contributed by atoms with Gasteiger partial charge in [0, 0.05) is 16.0 Å². The van der Waals surface area contributed by atoms with Gasteiger partial charge in [0.25, 0.3) is 0 Å². The first-order chi connectivity index (χ1) is 12.1. The molecule has 0 saturated heterocycles. The number of aromatic nitrogens is 1. The Bertz CT molecular complexity index is 913. The minimum atomic E-state index is -0.759. The molecule has 0 N–H and O–H groups in total. The van der Waals surface area contributed by atoms with Crippen molar-refractivity contribution in [1.82, 2.24) is 4.98 Å². The minimum absolute atomic E-state index is 0.0403. The molecule has 128 valence electrons. The minimum Gasteiger partial charge on any atom is -0.497 e. The van der Waals surface area contributed by atoms with E-state index in [4.69, 9.17) is 21.1 Å². The lowest BCUT2D eigenvalue weighted by molar-refractivity contribution is 0.0463. The maximum absolute atomic E-state index is 13.7. The van der Waals surface area contributed by atoms with Crippen LogP contribution in [0.1, 0.15) is 16.1 Å². The molecule has 3 rings (SSSR count). The zero-order valence-electron chi connectivity index (χ0n) is 13.2. The van der Waals surface area contributed by atoms with E-state index < -0.39 is 11.8 Å². The number of carbonyl (C=O) groups excluding carboxylic acids is 1. The highest BCUT2D eigenvalue weighted by Gasteiger charge is 2.14. The number of rotatable bonds is 5. The fourth-order valence-electron chi connectivity index (χ4n) is 2.13. The van der Waals surface area contributed by atoms with E-state index in [0.717, 1.165) is 22.4 Å². The Balaban J connectivity index is 1.68. The molecule has 2 aromatic carbocycles. The molecule has 1 heterocycles. The quantitative estimate of drug-likeness (QED) is 0.589. The second kappa shape index (κ2) is 7.63. The Morgan fingerprint density at radius 1 is 1.28 bits per heavy atom. The second-order valence-corrected chi connectivity index (χ2v) is 6.37. The number of ether oxygens (including phenoxy) is 2. The van der Waals surface area contributed by atoms with Crippen molar-refractivity contribution in [3.63, 3.8) is 0 Å². The highest BCUT2D eigenvalue weighted by Crippen LogP contribution is 2.27. The molecule has 3 aromatic rings. The van der Waals surface area contributed by atoms with Gasteiger partial charge in [0.1, 0.15) is 23.2 Å². The molecule has 7 heteroatoms. The SMILES string of the molecule is COc1cccc(-c2nc(COC(=O)c3ccc(Cl)cc3F)cs2)c1. The molecule has 4 nitrogen and oxygen atoms in total. The van der Waals surface area contributed by atoms with Crippen LogP contribution in [0.15, 0.2) is 47.8 Å². The van der Waals surface area contributed by atoms with Crippen molar-refractivity contribution >= 4 is 28.9 Å². The van der Waals surface area contributed by atoms with Crippen molar-refractivity contribution < 1.29 is 18.7 Å². The van der Waals surface area contributed by atoms with Crippen LogP contribution in [0.4, 0.5) is 4.39 Å². The number of methoxy groups -OCH3 is 1. The maximum Gasteiger partial charge on any atom is 0.341 e. The second-order valence-electron chi connectivity index (χ2n) is 5.08. The average molecular weight is 378 g/mol. The molecule has 25 heavy (non-hydrogen) atoms. The van der Waals surface area contributed by atoms with E-state index in [1.807, 2.05) is 24.3 Å². The summed E-state index contributed by atoms with van der Waals surface area (Å²) in [5.74, 6) is -0.739. The third kappa shape index (κ3) is 4.15. The van der Waals surface area contributed by atoms with Crippen LogP contribution in [0.3, 0.4) is 0 Å². The highest BCUT2D eigenvalue weighted by molar-refractivity contribution is 7.13. The number of halogens is 2. The zero-order valence-corrected chi connectivity index (χ0v) is 14.7. The van der Waals surface area contributed by atoms with Crippen LogP contribution in [0.25, 0.3) is 10.6 Å². The number of thiazole rings is 1. The van der Waals surface area contributed by atoms with E-state index in [1.165, 1.54) is 23.5 Å². The lowest BCUT2D eigenvalue weighted by Gasteiger charge is -2.04. The third-order valence-electron chi connectivity index (χ3n) is 3.37. The van der Waals surface area contributed by atoms with Gasteiger partial charge in [-0.05, 0) is 30.3 Å². The predicted octanol–water partition coefficient (Wildman–Crippen LogP) is 4.97. The van der Waals surface area contributed by atoms with Crippen LogP contribution in [0, 0.1) is 5.82 Å². The van der Waals surface area contributed by atoms with Gasteiger partial charge in [-0.25, -0.2) is 14.2 Å². The highest BCUT2D eigenvalue weighted by atomic mass is 35.5. The molecule has 0 aliphatic carbocycles. The Kier molecular flexibility index (Phi) is 5.31. The summed E-state index contributed by atoms with van der Waals surface area (Å²) in [6.45, 7) is -0.0403. The van der Waals surface area contributed by atoms with Crippen molar-refractivity contribution in [3.05, 3.63) is 69.9 Å². The number of hydrogen-bond acceptors (Lipinski definition) is 5. The van der Waals surface area contributed by atoms with Gasteiger partial charge < -0.3 is 9.47 Å². The molecular formula is C18H13ClFNO3S. The van der Waals surface area contributed by atoms with E-state index in [2.05, 4.69) is 4.98 Å². The van der Waals surface area contributed by atoms with Gasteiger partial charge in [0.15, 0.2) is 0 Å². The fraction of sp³-hybridized carbons (Fsp3) is 0.111. The molecule has 0 atom stereocenters. The first-order valence-electron chi connectivity index (χ1n) is 7.28. The van der Waals surface area contributed by atoms with Crippen molar-refractivity contribution in [2.24, 2.45) is 0 Å². The van der Waals surface area contributed by atoms with Gasteiger partial charge in [0.2, 0.25) is 0 Å². The van der Waals surface area contributed by atoms with Gasteiger partial charge in [-0.15, -0.1) is 11.3 Å². The first kappa shape index (κ1) is 17.4. The summed E-state index contributed by atoms with van der Waals surface area (Å²) in [6, 6.07) is 11.3. The van der Waals surface area contributed by atoms with Crippen LogP contribution in [0.2, 0.25) is 5.02 Å². The molecule has 0 amide bonds. The zero-order chi connectivity index (χ0) is 17.8. The van der Waals surface area contributed by atoms with Gasteiger partial charge >= 0.3 is 5.97 Å². The normalized spacial score (nSPS) is 10.5. The first-order valence-corrected chi connectivity index (χ1v) is 8.53. The van der Waals surface area contributed by atoms with E-state index in [-0.39, 0.29) is 17.2 Å². The van der Waals surface area contributed by atoms with Crippen LogP contribution in [-0.2, 0) is 11.3 Å². The summed E-state index contributed by atoms with van der Waals surface area (Å²) in [5.41, 5.74) is 1.34. The summed E-state index contributed by atoms with van der Waals surface area (Å²) >= 11 is 7.09. The third-order valence-corrected chi connectivity index (χ3v) is 4.55. The number of nitrogens with zero attached hydrogens (tertiary/aromatic N) is 1. The van der Waals surface area contributed by atoms with E-state index in [1.54, 1.807) is 12.5 Å². The standard InChI is InChI=1S/C18H13ClFNO3S/c1-23-14-4-2-3-11(7-14)17-21-13(10-25-17)9-24-18(22)15-6-5-12(19)8-16(15)20/h2-8,10H,9H2,1H3. The van der Waals surface area contributed by atoms with Crippen LogP contribution < -0.4 is 4.74 Å². The molecule has 0 saturated carbocycles. The molecule has 0 fully saturated rings. The lowest BCUT2D eigenvalue weighted by atomic mass is 10.2. The smallest absolute Gasteiger partial charge is 0.341 e. The molecular weight excluding hydrogens is 365 g/mol. The average Bonchev–Trinajstić information content (AvgIpc) is 3.09. The van der Waals surface area contributed by atoms with Gasteiger partial charge in [-0.3, -0.25) is 0 Å². The van der Waals surface area contributed by atoms with Crippen LogP contribution in [0.5, 0.6) is 5.75 Å². The van der Waals surface area contributed by atoms with Crippen LogP contribution >= 0.6 is 22.9 Å². The predicted molar refractivity (Wildman–Crippen MR) is 94.6 cm³/mol. The molecule has 0 spiro atoms.